The summed E-state index contributed by atoms with van der Waals surface area (Å²) in [4.78, 5) is 61.8. The standard InChI is InChI=1S/C27H34N4O7S/c1-39-13-12-20(29-24(34)19(28)16-23(32)33)25(35)30-21(14-17-8-4-2-5-9-17)26(36)31-22(27(37)38)15-18-10-6-3-7-11-18/h2-11,19-22H,12-16,28H2,1H3,(H,29,34)(H,30,35)(H,31,36)(H,32,33)(H,37,38). The van der Waals surface area contributed by atoms with E-state index in [0.717, 1.165) is 5.56 Å². The molecule has 0 aromatic heterocycles. The summed E-state index contributed by atoms with van der Waals surface area (Å²) < 4.78 is 0. The van der Waals surface area contributed by atoms with Crippen LogP contribution in [0, 0.1) is 0 Å². The van der Waals surface area contributed by atoms with Gasteiger partial charge in [-0.2, -0.15) is 11.8 Å². The highest BCUT2D eigenvalue weighted by molar-refractivity contribution is 7.98. The van der Waals surface area contributed by atoms with Crippen LogP contribution in [-0.4, -0.2) is 76.0 Å². The number of carbonyl (C=O) groups excluding carboxylic acids is 3. The molecule has 210 valence electrons. The van der Waals surface area contributed by atoms with Crippen LogP contribution in [0.1, 0.15) is 24.0 Å². The third kappa shape index (κ3) is 11.2. The summed E-state index contributed by atoms with van der Waals surface area (Å²) >= 11 is 1.43. The number of thioether (sulfide) groups is 1. The molecule has 4 atom stereocenters. The van der Waals surface area contributed by atoms with Crippen molar-refractivity contribution in [3.8, 4) is 0 Å². The van der Waals surface area contributed by atoms with Crippen molar-refractivity contribution in [1.29, 1.82) is 0 Å². The first-order chi connectivity index (χ1) is 18.6. The zero-order chi connectivity index (χ0) is 28.8. The molecule has 0 saturated carbocycles. The van der Waals surface area contributed by atoms with E-state index in [0.29, 0.717) is 11.3 Å². The van der Waals surface area contributed by atoms with E-state index in [-0.39, 0.29) is 19.3 Å². The lowest BCUT2D eigenvalue weighted by Gasteiger charge is -2.25. The smallest absolute Gasteiger partial charge is 0.326 e. The lowest BCUT2D eigenvalue weighted by atomic mass is 10.0. The van der Waals surface area contributed by atoms with Crippen molar-refractivity contribution in [2.45, 2.75) is 49.9 Å². The van der Waals surface area contributed by atoms with E-state index < -0.39 is 60.2 Å². The van der Waals surface area contributed by atoms with Gasteiger partial charge in [-0.3, -0.25) is 19.2 Å². The number of aliphatic carboxylic acids is 2. The lowest BCUT2D eigenvalue weighted by molar-refractivity contribution is -0.142. The Morgan fingerprint density at radius 1 is 0.744 bits per heavy atom. The molecule has 2 rings (SSSR count). The first-order valence-corrected chi connectivity index (χ1v) is 13.7. The topological polar surface area (TPSA) is 188 Å². The van der Waals surface area contributed by atoms with E-state index in [4.69, 9.17) is 10.8 Å². The molecule has 4 unspecified atom stereocenters. The average Bonchev–Trinajstić information content (AvgIpc) is 2.90. The van der Waals surface area contributed by atoms with Crippen molar-refractivity contribution in [2.75, 3.05) is 12.0 Å². The molecule has 0 radical (unpaired) electrons. The summed E-state index contributed by atoms with van der Waals surface area (Å²) in [7, 11) is 0. The normalized spacial score (nSPS) is 13.8. The first kappa shape index (κ1) is 31.3. The second-order valence-corrected chi connectivity index (χ2v) is 9.87. The van der Waals surface area contributed by atoms with Crippen LogP contribution in [0.3, 0.4) is 0 Å². The Morgan fingerprint density at radius 2 is 1.21 bits per heavy atom. The van der Waals surface area contributed by atoms with E-state index >= 15 is 0 Å². The van der Waals surface area contributed by atoms with Crippen molar-refractivity contribution in [2.24, 2.45) is 5.73 Å². The van der Waals surface area contributed by atoms with Gasteiger partial charge in [-0.15, -0.1) is 0 Å². The second-order valence-electron chi connectivity index (χ2n) is 8.89. The molecule has 0 aliphatic heterocycles. The summed E-state index contributed by atoms with van der Waals surface area (Å²) in [5, 5.41) is 26.3. The Hall–Kier alpha value is -3.90. The number of carboxylic acid groups (broad SMARTS) is 2. The highest BCUT2D eigenvalue weighted by atomic mass is 32.2. The van der Waals surface area contributed by atoms with Crippen molar-refractivity contribution < 1.29 is 34.2 Å². The Morgan fingerprint density at radius 3 is 1.69 bits per heavy atom. The number of benzene rings is 2. The van der Waals surface area contributed by atoms with E-state index in [1.807, 2.05) is 6.26 Å². The number of carboxylic acids is 2. The number of nitrogens with one attached hydrogen (secondary N) is 3. The molecule has 39 heavy (non-hydrogen) atoms. The summed E-state index contributed by atoms with van der Waals surface area (Å²) in [6.07, 6.45) is 1.51. The monoisotopic (exact) mass is 558 g/mol. The zero-order valence-corrected chi connectivity index (χ0v) is 22.4. The molecule has 7 N–H and O–H groups in total. The summed E-state index contributed by atoms with van der Waals surface area (Å²) in [5.41, 5.74) is 7.08. The minimum Gasteiger partial charge on any atom is -0.481 e. The van der Waals surface area contributed by atoms with Gasteiger partial charge in [-0.05, 0) is 29.6 Å². The molecule has 0 saturated heterocycles. The summed E-state index contributed by atoms with van der Waals surface area (Å²) in [5.74, 6) is -4.18. The third-order valence-electron chi connectivity index (χ3n) is 5.79. The van der Waals surface area contributed by atoms with Crippen molar-refractivity contribution >= 4 is 41.4 Å². The molecule has 2 aromatic rings. The number of amides is 3. The predicted molar refractivity (Wildman–Crippen MR) is 147 cm³/mol. The van der Waals surface area contributed by atoms with Crippen LogP contribution in [-0.2, 0) is 36.8 Å². The van der Waals surface area contributed by atoms with Gasteiger partial charge in [0.15, 0.2) is 0 Å². The van der Waals surface area contributed by atoms with Crippen molar-refractivity contribution in [1.82, 2.24) is 16.0 Å². The van der Waals surface area contributed by atoms with Gasteiger partial charge in [-0.1, -0.05) is 60.7 Å². The van der Waals surface area contributed by atoms with Crippen LogP contribution < -0.4 is 21.7 Å². The van der Waals surface area contributed by atoms with Crippen LogP contribution in [0.4, 0.5) is 0 Å². The molecule has 0 fully saturated rings. The Bertz CT molecular complexity index is 1120. The molecule has 0 heterocycles. The number of nitrogens with two attached hydrogens (primary N) is 1. The van der Waals surface area contributed by atoms with E-state index in [2.05, 4.69) is 16.0 Å². The van der Waals surface area contributed by atoms with Gasteiger partial charge in [0.25, 0.3) is 0 Å². The van der Waals surface area contributed by atoms with Crippen LogP contribution >= 0.6 is 11.8 Å². The van der Waals surface area contributed by atoms with Gasteiger partial charge in [0.1, 0.15) is 18.1 Å². The fourth-order valence-electron chi connectivity index (χ4n) is 3.72. The van der Waals surface area contributed by atoms with E-state index in [1.54, 1.807) is 60.7 Å². The van der Waals surface area contributed by atoms with E-state index in [1.165, 1.54) is 11.8 Å². The van der Waals surface area contributed by atoms with Crippen LogP contribution in [0.25, 0.3) is 0 Å². The van der Waals surface area contributed by atoms with Crippen LogP contribution in [0.2, 0.25) is 0 Å². The van der Waals surface area contributed by atoms with Crippen LogP contribution in [0.5, 0.6) is 0 Å². The SMILES string of the molecule is CSCCC(NC(=O)C(N)CC(=O)O)C(=O)NC(Cc1ccccc1)C(=O)NC(Cc1ccccc1)C(=O)O. The Balaban J connectivity index is 2.23. The van der Waals surface area contributed by atoms with E-state index in [9.17, 15) is 29.1 Å². The molecular weight excluding hydrogens is 524 g/mol. The molecule has 0 aliphatic carbocycles. The van der Waals surface area contributed by atoms with Gasteiger partial charge in [0, 0.05) is 12.8 Å². The quantitative estimate of drug-likeness (QED) is 0.171. The van der Waals surface area contributed by atoms with Gasteiger partial charge in [0.05, 0.1) is 12.5 Å². The van der Waals surface area contributed by atoms with Gasteiger partial charge >= 0.3 is 11.9 Å². The minimum atomic E-state index is -1.36. The Kier molecular flexibility index (Phi) is 13.0. The molecule has 3 amide bonds. The van der Waals surface area contributed by atoms with Crippen LogP contribution in [0.15, 0.2) is 60.7 Å². The Labute approximate surface area is 230 Å². The zero-order valence-electron chi connectivity index (χ0n) is 21.5. The molecular formula is C27H34N4O7S. The molecule has 2 aromatic carbocycles. The summed E-state index contributed by atoms with van der Waals surface area (Å²) in [6, 6.07) is 12.9. The largest absolute Gasteiger partial charge is 0.481 e. The number of hydrogen-bond donors (Lipinski definition) is 6. The third-order valence-corrected chi connectivity index (χ3v) is 6.43. The van der Waals surface area contributed by atoms with Gasteiger partial charge in [-0.25, -0.2) is 4.79 Å². The second kappa shape index (κ2) is 16.1. The predicted octanol–water partition coefficient (Wildman–Crippen LogP) is 0.566. The average molecular weight is 559 g/mol. The number of carbonyl (C=O) groups is 5. The highest BCUT2D eigenvalue weighted by Crippen LogP contribution is 2.09. The fraction of sp³-hybridized carbons (Fsp3) is 0.370. The van der Waals surface area contributed by atoms with Crippen molar-refractivity contribution in [3.05, 3.63) is 71.8 Å². The van der Waals surface area contributed by atoms with Gasteiger partial charge in [0.2, 0.25) is 17.7 Å². The minimum absolute atomic E-state index is 0.0434. The maximum absolute atomic E-state index is 13.3. The number of rotatable bonds is 16. The van der Waals surface area contributed by atoms with Gasteiger partial charge < -0.3 is 31.9 Å². The maximum Gasteiger partial charge on any atom is 0.326 e. The van der Waals surface area contributed by atoms with Crippen molar-refractivity contribution in [3.63, 3.8) is 0 Å². The lowest BCUT2D eigenvalue weighted by Crippen LogP contribution is -2.58. The maximum atomic E-state index is 13.3. The first-order valence-electron chi connectivity index (χ1n) is 12.3. The highest BCUT2D eigenvalue weighted by Gasteiger charge is 2.30. The molecule has 0 aliphatic rings. The molecule has 0 spiro atoms. The molecule has 11 nitrogen and oxygen atoms in total. The molecule has 0 bridgehead atoms. The summed E-state index contributed by atoms with van der Waals surface area (Å²) in [6.45, 7) is 0. The number of hydrogen-bond acceptors (Lipinski definition) is 7. The fourth-order valence-corrected chi connectivity index (χ4v) is 4.19. The molecule has 12 heteroatoms.